The number of rotatable bonds is 1. The van der Waals surface area contributed by atoms with Crippen molar-refractivity contribution < 1.29 is 4.79 Å². The molecule has 3 N–H and O–H groups in total. The summed E-state index contributed by atoms with van der Waals surface area (Å²) in [6.07, 6.45) is 2.00. The summed E-state index contributed by atoms with van der Waals surface area (Å²) in [5, 5.41) is 1.07. The van der Waals surface area contributed by atoms with Gasteiger partial charge in [-0.25, -0.2) is 0 Å². The third kappa shape index (κ3) is 1.99. The summed E-state index contributed by atoms with van der Waals surface area (Å²) in [6, 6.07) is 9.95. The van der Waals surface area contributed by atoms with Gasteiger partial charge in [0, 0.05) is 30.0 Å². The zero-order chi connectivity index (χ0) is 12.5. The summed E-state index contributed by atoms with van der Waals surface area (Å²) in [5.41, 5.74) is 7.57. The van der Waals surface area contributed by atoms with E-state index in [0.29, 0.717) is 12.2 Å². The molecule has 0 bridgehead atoms. The third-order valence-electron chi connectivity index (χ3n) is 3.51. The van der Waals surface area contributed by atoms with Gasteiger partial charge in [-0.05, 0) is 25.0 Å². The zero-order valence-corrected chi connectivity index (χ0v) is 10.2. The highest BCUT2D eigenvalue weighted by atomic mass is 16.2. The molecule has 1 saturated heterocycles. The van der Waals surface area contributed by atoms with Crippen molar-refractivity contribution in [2.75, 3.05) is 13.1 Å². The highest BCUT2D eigenvalue weighted by Crippen LogP contribution is 2.17. The van der Waals surface area contributed by atoms with Crippen LogP contribution in [0.2, 0.25) is 0 Å². The Labute approximate surface area is 106 Å². The van der Waals surface area contributed by atoms with Gasteiger partial charge in [-0.2, -0.15) is 0 Å². The van der Waals surface area contributed by atoms with E-state index in [1.54, 1.807) is 0 Å². The molecule has 94 valence electrons. The number of H-pyrrole nitrogens is 1. The van der Waals surface area contributed by atoms with Crippen molar-refractivity contribution in [1.82, 2.24) is 9.88 Å². The predicted octanol–water partition coefficient (Wildman–Crippen LogP) is 1.73. The van der Waals surface area contributed by atoms with E-state index in [4.69, 9.17) is 5.73 Å². The van der Waals surface area contributed by atoms with Crippen LogP contribution in [-0.4, -0.2) is 34.9 Å². The Morgan fingerprint density at radius 2 is 2.22 bits per heavy atom. The number of aromatic nitrogens is 1. The van der Waals surface area contributed by atoms with Gasteiger partial charge in [0.15, 0.2) is 0 Å². The van der Waals surface area contributed by atoms with E-state index in [-0.39, 0.29) is 11.9 Å². The van der Waals surface area contributed by atoms with Crippen molar-refractivity contribution in [3.8, 4) is 0 Å². The van der Waals surface area contributed by atoms with Gasteiger partial charge in [0.05, 0.1) is 0 Å². The highest BCUT2D eigenvalue weighted by Gasteiger charge is 2.23. The lowest BCUT2D eigenvalue weighted by Crippen LogP contribution is -2.45. The van der Waals surface area contributed by atoms with Crippen LogP contribution in [0, 0.1) is 0 Å². The molecule has 2 aromatic rings. The molecule has 0 unspecified atom stereocenters. The van der Waals surface area contributed by atoms with E-state index in [0.717, 1.165) is 30.3 Å². The number of nitrogens with two attached hydrogens (primary N) is 1. The van der Waals surface area contributed by atoms with Crippen LogP contribution in [0.25, 0.3) is 10.9 Å². The number of likely N-dealkylation sites (tertiary alicyclic amines) is 1. The van der Waals surface area contributed by atoms with Crippen molar-refractivity contribution in [3.05, 3.63) is 36.0 Å². The van der Waals surface area contributed by atoms with E-state index >= 15 is 0 Å². The summed E-state index contributed by atoms with van der Waals surface area (Å²) in [4.78, 5) is 17.4. The van der Waals surface area contributed by atoms with Crippen LogP contribution in [0.1, 0.15) is 23.3 Å². The molecule has 4 nitrogen and oxygen atoms in total. The van der Waals surface area contributed by atoms with Crippen LogP contribution >= 0.6 is 0 Å². The second-order valence-electron chi connectivity index (χ2n) is 4.92. The number of carbonyl (C=O) groups is 1. The van der Waals surface area contributed by atoms with Crippen molar-refractivity contribution in [2.24, 2.45) is 5.73 Å². The molecule has 0 spiro atoms. The van der Waals surface area contributed by atoms with Gasteiger partial charge in [0.2, 0.25) is 0 Å². The molecule has 1 aromatic heterocycles. The molecule has 0 aliphatic carbocycles. The van der Waals surface area contributed by atoms with E-state index < -0.39 is 0 Å². The first kappa shape index (κ1) is 11.3. The molecule has 1 aromatic carbocycles. The molecule has 1 atom stereocenters. The Balaban J connectivity index is 1.87. The summed E-state index contributed by atoms with van der Waals surface area (Å²) in [7, 11) is 0. The van der Waals surface area contributed by atoms with Crippen molar-refractivity contribution in [2.45, 2.75) is 18.9 Å². The minimum Gasteiger partial charge on any atom is -0.351 e. The first-order chi connectivity index (χ1) is 8.74. The van der Waals surface area contributed by atoms with Gasteiger partial charge in [-0.1, -0.05) is 18.2 Å². The molecule has 18 heavy (non-hydrogen) atoms. The van der Waals surface area contributed by atoms with Gasteiger partial charge in [0.1, 0.15) is 5.69 Å². The second kappa shape index (κ2) is 4.46. The average Bonchev–Trinajstić information content (AvgIpc) is 2.81. The molecule has 0 saturated carbocycles. The maximum absolute atomic E-state index is 12.4. The molecule has 1 aliphatic rings. The molecule has 1 fully saturated rings. The second-order valence-corrected chi connectivity index (χ2v) is 4.92. The maximum Gasteiger partial charge on any atom is 0.270 e. The zero-order valence-electron chi connectivity index (χ0n) is 10.2. The average molecular weight is 243 g/mol. The fourth-order valence-electron chi connectivity index (χ4n) is 2.55. The standard InChI is InChI=1S/C14H17N3O/c15-11-5-3-7-17(9-11)14(18)13-8-10-4-1-2-6-12(10)16-13/h1-2,4,6,8,11,16H,3,5,7,9,15H2/t11-/m1/s1. The molecular formula is C14H17N3O. The number of aromatic amines is 1. The van der Waals surface area contributed by atoms with Crippen LogP contribution < -0.4 is 5.73 Å². The normalized spacial score (nSPS) is 20.3. The molecule has 2 heterocycles. The molecular weight excluding hydrogens is 226 g/mol. The lowest BCUT2D eigenvalue weighted by Gasteiger charge is -2.30. The third-order valence-corrected chi connectivity index (χ3v) is 3.51. The molecule has 1 aliphatic heterocycles. The smallest absolute Gasteiger partial charge is 0.270 e. The first-order valence-electron chi connectivity index (χ1n) is 6.36. The number of benzene rings is 1. The first-order valence-corrected chi connectivity index (χ1v) is 6.36. The SMILES string of the molecule is N[C@@H]1CCCN(C(=O)c2cc3ccccc3[nH]2)C1. The van der Waals surface area contributed by atoms with Gasteiger partial charge >= 0.3 is 0 Å². The van der Waals surface area contributed by atoms with Gasteiger partial charge in [-0.15, -0.1) is 0 Å². The van der Waals surface area contributed by atoms with Gasteiger partial charge in [0.25, 0.3) is 5.91 Å². The minimum atomic E-state index is 0.0568. The number of para-hydroxylation sites is 1. The quantitative estimate of drug-likeness (QED) is 0.801. The van der Waals surface area contributed by atoms with E-state index in [1.807, 2.05) is 35.2 Å². The fourth-order valence-corrected chi connectivity index (χ4v) is 2.55. The number of amides is 1. The topological polar surface area (TPSA) is 62.1 Å². The van der Waals surface area contributed by atoms with Crippen molar-refractivity contribution in [3.63, 3.8) is 0 Å². The fraction of sp³-hybridized carbons (Fsp3) is 0.357. The molecule has 1 amide bonds. The monoisotopic (exact) mass is 243 g/mol. The Bertz CT molecular complexity index is 542. The maximum atomic E-state index is 12.4. The lowest BCUT2D eigenvalue weighted by molar-refractivity contribution is 0.0704. The molecule has 4 heteroatoms. The summed E-state index contributed by atoms with van der Waals surface area (Å²) in [6.45, 7) is 1.47. The van der Waals surface area contributed by atoms with Gasteiger partial charge < -0.3 is 15.6 Å². The number of hydrogen-bond acceptors (Lipinski definition) is 2. The van der Waals surface area contributed by atoms with E-state index in [9.17, 15) is 4.79 Å². The van der Waals surface area contributed by atoms with Gasteiger partial charge in [-0.3, -0.25) is 4.79 Å². The van der Waals surface area contributed by atoms with Crippen molar-refractivity contribution >= 4 is 16.8 Å². The molecule has 0 radical (unpaired) electrons. The number of fused-ring (bicyclic) bond motifs is 1. The Morgan fingerprint density at radius 1 is 1.39 bits per heavy atom. The van der Waals surface area contributed by atoms with Crippen LogP contribution in [0.5, 0.6) is 0 Å². The summed E-state index contributed by atoms with van der Waals surface area (Å²) in [5.74, 6) is 0.0568. The Morgan fingerprint density at radius 3 is 3.00 bits per heavy atom. The highest BCUT2D eigenvalue weighted by molar-refractivity contribution is 5.98. The van der Waals surface area contributed by atoms with Crippen LogP contribution in [-0.2, 0) is 0 Å². The largest absolute Gasteiger partial charge is 0.351 e. The number of piperidine rings is 1. The van der Waals surface area contributed by atoms with Crippen LogP contribution in [0.15, 0.2) is 30.3 Å². The number of hydrogen-bond donors (Lipinski definition) is 2. The Hall–Kier alpha value is -1.81. The van der Waals surface area contributed by atoms with Crippen LogP contribution in [0.3, 0.4) is 0 Å². The van der Waals surface area contributed by atoms with Crippen molar-refractivity contribution in [1.29, 1.82) is 0 Å². The predicted molar refractivity (Wildman–Crippen MR) is 71.4 cm³/mol. The number of nitrogens with one attached hydrogen (secondary N) is 1. The summed E-state index contributed by atoms with van der Waals surface area (Å²) < 4.78 is 0. The van der Waals surface area contributed by atoms with E-state index in [2.05, 4.69) is 4.98 Å². The Kier molecular flexibility index (Phi) is 2.80. The van der Waals surface area contributed by atoms with Crippen LogP contribution in [0.4, 0.5) is 0 Å². The molecule has 3 rings (SSSR count). The summed E-state index contributed by atoms with van der Waals surface area (Å²) >= 11 is 0. The number of carbonyl (C=O) groups excluding carboxylic acids is 1. The van der Waals surface area contributed by atoms with E-state index in [1.165, 1.54) is 0 Å². The number of nitrogens with zero attached hydrogens (tertiary/aromatic N) is 1. The lowest BCUT2D eigenvalue weighted by atomic mass is 10.1. The minimum absolute atomic E-state index is 0.0568.